The van der Waals surface area contributed by atoms with E-state index in [9.17, 15) is 9.90 Å². The SMILES string of the molecule is CCC(C)(CC)C(=O)/C=C(\O)C(C)(CC)CC.Cc1cc(CC(C)C)cc(C)c1-c1cc(-c2[c-]c3ccccc3c(C(C)(C)C)c2)nc2c(C)csc12.[Ir]. The predicted molar refractivity (Wildman–Crippen MR) is 231 cm³/mol. The number of carbonyl (C=O) groups excluding carboxylic acids is 1. The van der Waals surface area contributed by atoms with Gasteiger partial charge in [0.1, 0.15) is 5.76 Å². The number of hydrogen-bond acceptors (Lipinski definition) is 4. The summed E-state index contributed by atoms with van der Waals surface area (Å²) in [5, 5.41) is 14.8. The molecule has 0 unspecified atom stereocenters. The number of allylic oxidation sites excluding steroid dienone is 2. The van der Waals surface area contributed by atoms with E-state index in [1.807, 2.05) is 52.9 Å². The third-order valence-corrected chi connectivity index (χ3v) is 12.8. The van der Waals surface area contributed by atoms with Crippen molar-refractivity contribution in [2.45, 2.75) is 134 Å². The molecule has 2 heterocycles. The number of aliphatic hydroxyl groups excluding tert-OH is 1. The molecule has 5 rings (SSSR count). The number of aromatic nitrogens is 1. The fourth-order valence-corrected chi connectivity index (χ4v) is 8.20. The Labute approximate surface area is 344 Å². The van der Waals surface area contributed by atoms with Crippen molar-refractivity contribution in [3.63, 3.8) is 0 Å². The zero-order valence-corrected chi connectivity index (χ0v) is 38.6. The topological polar surface area (TPSA) is 50.2 Å². The molecule has 3 nitrogen and oxygen atoms in total. The molecular formula is C49H64IrNO2S-. The molecule has 3 aromatic carbocycles. The summed E-state index contributed by atoms with van der Waals surface area (Å²) in [7, 11) is 0. The summed E-state index contributed by atoms with van der Waals surface area (Å²) in [5.74, 6) is 0.933. The molecule has 0 saturated heterocycles. The number of nitrogens with zero attached hydrogens (tertiary/aromatic N) is 1. The normalized spacial score (nSPS) is 12.5. The number of benzene rings is 3. The van der Waals surface area contributed by atoms with Crippen LogP contribution in [0.25, 0.3) is 43.4 Å². The van der Waals surface area contributed by atoms with Crippen LogP contribution in [0.2, 0.25) is 0 Å². The minimum atomic E-state index is -0.337. The van der Waals surface area contributed by atoms with E-state index < -0.39 is 0 Å². The van der Waals surface area contributed by atoms with Gasteiger partial charge in [0.15, 0.2) is 5.78 Å². The van der Waals surface area contributed by atoms with Gasteiger partial charge in [0.05, 0.1) is 10.2 Å². The number of fused-ring (bicyclic) bond motifs is 2. The maximum atomic E-state index is 12.2. The molecule has 0 aliphatic carbocycles. The average molecular weight is 923 g/mol. The second-order valence-corrected chi connectivity index (χ2v) is 18.1. The molecule has 293 valence electrons. The van der Waals surface area contributed by atoms with Crippen molar-refractivity contribution >= 4 is 38.1 Å². The molecule has 5 heteroatoms. The molecule has 0 spiro atoms. The van der Waals surface area contributed by atoms with E-state index in [1.54, 1.807) is 0 Å². The maximum Gasteiger partial charge on any atom is 0.164 e. The number of carbonyl (C=O) groups is 1. The number of pyridine rings is 1. The van der Waals surface area contributed by atoms with Crippen molar-refractivity contribution in [2.24, 2.45) is 16.7 Å². The van der Waals surface area contributed by atoms with E-state index in [1.165, 1.54) is 55.1 Å². The Morgan fingerprint density at radius 3 is 1.96 bits per heavy atom. The minimum Gasteiger partial charge on any atom is -0.512 e. The van der Waals surface area contributed by atoms with E-state index in [-0.39, 0.29) is 47.9 Å². The first kappa shape index (κ1) is 45.3. The van der Waals surface area contributed by atoms with Crippen LogP contribution in [0, 0.1) is 43.6 Å². The van der Waals surface area contributed by atoms with E-state index in [0.717, 1.165) is 54.3 Å². The summed E-state index contributed by atoms with van der Waals surface area (Å²) in [6, 6.07) is 21.7. The van der Waals surface area contributed by atoms with Crippen LogP contribution in [0.5, 0.6) is 0 Å². The first-order valence-corrected chi connectivity index (χ1v) is 20.6. The summed E-state index contributed by atoms with van der Waals surface area (Å²) in [6.45, 7) is 30.2. The summed E-state index contributed by atoms with van der Waals surface area (Å²) in [5.41, 5.74) is 11.9. The molecule has 1 N–H and O–H groups in total. The molecule has 0 atom stereocenters. The van der Waals surface area contributed by atoms with Crippen LogP contribution in [-0.4, -0.2) is 15.9 Å². The fourth-order valence-electron chi connectivity index (χ4n) is 7.19. The van der Waals surface area contributed by atoms with Crippen LogP contribution in [0.1, 0.15) is 130 Å². The minimum absolute atomic E-state index is 0. The smallest absolute Gasteiger partial charge is 0.164 e. The van der Waals surface area contributed by atoms with Crippen molar-refractivity contribution in [3.05, 3.63) is 99.6 Å². The Morgan fingerprint density at radius 1 is 0.852 bits per heavy atom. The van der Waals surface area contributed by atoms with Gasteiger partial charge in [0, 0.05) is 42.7 Å². The Kier molecular flexibility index (Phi) is 15.3. The molecule has 54 heavy (non-hydrogen) atoms. The third kappa shape index (κ3) is 9.81. The van der Waals surface area contributed by atoms with Gasteiger partial charge in [-0.3, -0.25) is 9.78 Å². The Morgan fingerprint density at radius 2 is 1.43 bits per heavy atom. The molecular weight excluding hydrogens is 859 g/mol. The number of aryl methyl sites for hydroxylation is 3. The van der Waals surface area contributed by atoms with Gasteiger partial charge in [0.2, 0.25) is 0 Å². The van der Waals surface area contributed by atoms with Crippen molar-refractivity contribution in [2.75, 3.05) is 0 Å². The third-order valence-electron chi connectivity index (χ3n) is 11.7. The molecule has 0 amide bonds. The number of ketones is 1. The first-order chi connectivity index (χ1) is 24.8. The van der Waals surface area contributed by atoms with Crippen LogP contribution in [-0.2, 0) is 36.7 Å². The van der Waals surface area contributed by atoms with Crippen LogP contribution in [0.15, 0.2) is 65.7 Å². The number of aliphatic hydroxyl groups is 1. The van der Waals surface area contributed by atoms with Gasteiger partial charge in [-0.15, -0.1) is 40.5 Å². The van der Waals surface area contributed by atoms with E-state index >= 15 is 0 Å². The number of rotatable bonds is 11. The molecule has 5 aromatic rings. The molecule has 0 bridgehead atoms. The summed E-state index contributed by atoms with van der Waals surface area (Å²) in [6.07, 6.45) is 5.86. The monoisotopic (exact) mass is 923 g/mol. The van der Waals surface area contributed by atoms with Gasteiger partial charge in [0.25, 0.3) is 0 Å². The van der Waals surface area contributed by atoms with Crippen LogP contribution in [0.3, 0.4) is 0 Å². The molecule has 2 aromatic heterocycles. The Balaban J connectivity index is 0.000000372. The van der Waals surface area contributed by atoms with Gasteiger partial charge in [-0.25, -0.2) is 0 Å². The zero-order valence-electron chi connectivity index (χ0n) is 35.4. The van der Waals surface area contributed by atoms with Crippen molar-refractivity contribution < 1.29 is 30.0 Å². The van der Waals surface area contributed by atoms with Crippen molar-refractivity contribution in [1.82, 2.24) is 4.98 Å². The fraction of sp³-hybridized carbons (Fsp3) is 0.469. The largest absolute Gasteiger partial charge is 0.512 e. The summed E-state index contributed by atoms with van der Waals surface area (Å²) >= 11 is 1.81. The first-order valence-electron chi connectivity index (χ1n) is 19.7. The average Bonchev–Trinajstić information content (AvgIpc) is 3.49. The van der Waals surface area contributed by atoms with Crippen molar-refractivity contribution in [1.29, 1.82) is 0 Å². The van der Waals surface area contributed by atoms with Crippen molar-refractivity contribution in [3.8, 4) is 22.4 Å². The van der Waals surface area contributed by atoms with E-state index in [2.05, 4.69) is 115 Å². The standard InChI is InChI=1S/C34H36NS.C15H28O2.Ir/c1-20(2)13-24-14-21(3)31(22(4)15-24)28-18-30(35-32-23(5)19-36-33(28)32)26-16-25-11-9-10-12-27(25)29(17-26)34(6,7)8;1-7-14(5,8-2)12(16)11-13(17)15(6,9-3)10-4;/h9-12,14-15,17-20H,13H2,1-8H3;11,16H,7-10H2,1-6H3;/q-1;;/b;12-11-;. The maximum absolute atomic E-state index is 12.2. The number of thiophene rings is 1. The Bertz CT molecular complexity index is 2080. The molecule has 0 fully saturated rings. The second kappa shape index (κ2) is 18.2. The Hall–Kier alpha value is -3.11. The van der Waals surface area contributed by atoms with Gasteiger partial charge >= 0.3 is 0 Å². The molecule has 0 saturated carbocycles. The van der Waals surface area contributed by atoms with Crippen LogP contribution >= 0.6 is 11.3 Å². The summed E-state index contributed by atoms with van der Waals surface area (Å²) < 4.78 is 1.27. The van der Waals surface area contributed by atoms with Gasteiger partial charge in [-0.1, -0.05) is 124 Å². The zero-order chi connectivity index (χ0) is 39.5. The predicted octanol–water partition coefficient (Wildman–Crippen LogP) is 14.7. The molecule has 1 radical (unpaired) electrons. The second-order valence-electron chi connectivity index (χ2n) is 17.2. The van der Waals surface area contributed by atoms with Crippen LogP contribution in [0.4, 0.5) is 0 Å². The molecule has 0 aliphatic rings. The summed E-state index contributed by atoms with van der Waals surface area (Å²) in [4.78, 5) is 17.4. The van der Waals surface area contributed by atoms with E-state index in [0.29, 0.717) is 5.92 Å². The quantitative estimate of drug-likeness (QED) is 0.0816. The van der Waals surface area contributed by atoms with Gasteiger partial charge < -0.3 is 5.11 Å². The van der Waals surface area contributed by atoms with Crippen LogP contribution < -0.4 is 0 Å². The molecule has 0 aliphatic heterocycles. The van der Waals surface area contributed by atoms with Gasteiger partial charge in [-0.05, 0) is 103 Å². The van der Waals surface area contributed by atoms with E-state index in [4.69, 9.17) is 4.98 Å². The van der Waals surface area contributed by atoms with Gasteiger partial charge in [-0.2, -0.15) is 0 Å². The number of hydrogen-bond donors (Lipinski definition) is 1.